The van der Waals surface area contributed by atoms with E-state index in [4.69, 9.17) is 14.6 Å². The Bertz CT molecular complexity index is 679. The predicted molar refractivity (Wildman–Crippen MR) is 96.9 cm³/mol. The second-order valence-corrected chi connectivity index (χ2v) is 6.96. The van der Waals surface area contributed by atoms with Gasteiger partial charge in [0.15, 0.2) is 6.10 Å². The van der Waals surface area contributed by atoms with Crippen LogP contribution in [-0.2, 0) is 19.1 Å². The number of aliphatic hydroxyl groups is 1. The number of hydrogen-bond donors (Lipinski definition) is 3. The summed E-state index contributed by atoms with van der Waals surface area (Å²) < 4.78 is 10.0. The second kappa shape index (κ2) is 8.66. The number of aryl methyl sites for hydroxylation is 1. The van der Waals surface area contributed by atoms with Gasteiger partial charge in [0.25, 0.3) is 5.91 Å². The molecular formula is C18H26N2O6. The van der Waals surface area contributed by atoms with Crippen molar-refractivity contribution in [2.24, 2.45) is 0 Å². The van der Waals surface area contributed by atoms with Gasteiger partial charge in [0, 0.05) is 11.4 Å². The zero-order valence-electron chi connectivity index (χ0n) is 15.9. The number of benzene rings is 1. The van der Waals surface area contributed by atoms with Crippen LogP contribution in [0.1, 0.15) is 40.2 Å². The van der Waals surface area contributed by atoms with Crippen molar-refractivity contribution in [1.82, 2.24) is 0 Å². The smallest absolute Gasteiger partial charge is 0.412 e. The summed E-state index contributed by atoms with van der Waals surface area (Å²) in [4.78, 5) is 35.3. The van der Waals surface area contributed by atoms with Crippen LogP contribution in [-0.4, -0.2) is 40.9 Å². The summed E-state index contributed by atoms with van der Waals surface area (Å²) >= 11 is 0. The third-order valence-corrected chi connectivity index (χ3v) is 2.99. The number of amides is 2. The van der Waals surface area contributed by atoms with Crippen LogP contribution in [0.25, 0.3) is 0 Å². The van der Waals surface area contributed by atoms with E-state index in [1.807, 2.05) is 0 Å². The van der Waals surface area contributed by atoms with Crippen LogP contribution in [0.2, 0.25) is 0 Å². The Labute approximate surface area is 152 Å². The lowest BCUT2D eigenvalue weighted by Gasteiger charge is -2.20. The maximum atomic E-state index is 12.1. The van der Waals surface area contributed by atoms with Gasteiger partial charge in [0.05, 0.1) is 0 Å². The van der Waals surface area contributed by atoms with Gasteiger partial charge in [0.1, 0.15) is 11.7 Å². The molecule has 1 rings (SSSR count). The summed E-state index contributed by atoms with van der Waals surface area (Å²) in [5.41, 5.74) is 1.03. The molecule has 0 bridgehead atoms. The molecule has 144 valence electrons. The highest BCUT2D eigenvalue weighted by molar-refractivity contribution is 5.96. The fraction of sp³-hybridized carbons (Fsp3) is 0.500. The molecule has 26 heavy (non-hydrogen) atoms. The molecule has 0 fully saturated rings. The van der Waals surface area contributed by atoms with Gasteiger partial charge >= 0.3 is 12.1 Å². The molecule has 0 saturated heterocycles. The van der Waals surface area contributed by atoms with E-state index in [0.717, 1.165) is 5.56 Å². The van der Waals surface area contributed by atoms with Crippen LogP contribution >= 0.6 is 0 Å². The fourth-order valence-electron chi connectivity index (χ4n) is 1.92. The summed E-state index contributed by atoms with van der Waals surface area (Å²) in [5, 5.41) is 14.3. The molecule has 3 N–H and O–H groups in total. The van der Waals surface area contributed by atoms with Gasteiger partial charge < -0.3 is 19.9 Å². The van der Waals surface area contributed by atoms with Crippen LogP contribution in [0.3, 0.4) is 0 Å². The first-order valence-electron chi connectivity index (χ1n) is 8.18. The Kier molecular flexibility index (Phi) is 7.14. The molecule has 0 saturated carbocycles. The van der Waals surface area contributed by atoms with Crippen LogP contribution in [0.5, 0.6) is 0 Å². The Morgan fingerprint density at radius 1 is 1.04 bits per heavy atom. The summed E-state index contributed by atoms with van der Waals surface area (Å²) in [5.74, 6) is -1.45. The summed E-state index contributed by atoms with van der Waals surface area (Å²) in [6, 6.07) is 4.97. The number of nitrogens with one attached hydrogen (secondary N) is 2. The van der Waals surface area contributed by atoms with E-state index in [0.29, 0.717) is 11.4 Å². The summed E-state index contributed by atoms with van der Waals surface area (Å²) in [6.45, 7) is 9.71. The highest BCUT2D eigenvalue weighted by atomic mass is 16.6. The Morgan fingerprint density at radius 2 is 1.58 bits per heavy atom. The van der Waals surface area contributed by atoms with Gasteiger partial charge in [-0.15, -0.1) is 0 Å². The zero-order chi connectivity index (χ0) is 20.1. The minimum Gasteiger partial charge on any atom is -0.451 e. The fourth-order valence-corrected chi connectivity index (χ4v) is 1.92. The number of carbonyl (C=O) groups is 3. The van der Waals surface area contributed by atoms with Crippen molar-refractivity contribution < 1.29 is 29.0 Å². The van der Waals surface area contributed by atoms with Crippen LogP contribution in [0, 0.1) is 6.92 Å². The van der Waals surface area contributed by atoms with Crippen LogP contribution in [0.4, 0.5) is 16.2 Å². The Morgan fingerprint density at radius 3 is 2.08 bits per heavy atom. The van der Waals surface area contributed by atoms with Crippen molar-refractivity contribution in [2.75, 3.05) is 10.6 Å². The van der Waals surface area contributed by atoms with Crippen molar-refractivity contribution in [3.8, 4) is 0 Å². The van der Waals surface area contributed by atoms with Gasteiger partial charge in [0.2, 0.25) is 0 Å². The molecular weight excluding hydrogens is 340 g/mol. The summed E-state index contributed by atoms with van der Waals surface area (Å²) in [6.07, 6.45) is -3.01. The number of rotatable bonds is 5. The van der Waals surface area contributed by atoms with Crippen molar-refractivity contribution in [2.45, 2.75) is 59.4 Å². The lowest BCUT2D eigenvalue weighted by atomic mass is 10.2. The predicted octanol–water partition coefficient (Wildman–Crippen LogP) is 2.59. The molecule has 0 spiro atoms. The topological polar surface area (TPSA) is 114 Å². The molecule has 0 aromatic heterocycles. The monoisotopic (exact) mass is 366 g/mol. The first kappa shape index (κ1) is 21.4. The summed E-state index contributed by atoms with van der Waals surface area (Å²) in [7, 11) is 0. The maximum absolute atomic E-state index is 12.1. The van der Waals surface area contributed by atoms with Gasteiger partial charge in [-0.05, 0) is 65.3 Å². The number of esters is 1. The molecule has 1 unspecified atom stereocenters. The van der Waals surface area contributed by atoms with E-state index in [-0.39, 0.29) is 0 Å². The van der Waals surface area contributed by atoms with E-state index < -0.39 is 35.8 Å². The molecule has 0 radical (unpaired) electrons. The molecule has 8 heteroatoms. The third kappa shape index (κ3) is 7.52. The van der Waals surface area contributed by atoms with Gasteiger partial charge in [-0.2, -0.15) is 0 Å². The number of carbonyl (C=O) groups excluding carboxylic acids is 3. The SMILES string of the molecule is Cc1cc(NC(=O)OC(C)(C)C)cc(NC(=O)[C@H](C)OC(=O)C(C)O)c1. The van der Waals surface area contributed by atoms with Crippen molar-refractivity contribution in [3.63, 3.8) is 0 Å². The highest BCUT2D eigenvalue weighted by Crippen LogP contribution is 2.20. The number of ether oxygens (including phenoxy) is 2. The minimum atomic E-state index is -1.31. The van der Waals surface area contributed by atoms with Crippen molar-refractivity contribution in [3.05, 3.63) is 23.8 Å². The van der Waals surface area contributed by atoms with Gasteiger partial charge in [-0.1, -0.05) is 0 Å². The van der Waals surface area contributed by atoms with E-state index in [9.17, 15) is 14.4 Å². The highest BCUT2D eigenvalue weighted by Gasteiger charge is 2.21. The standard InChI is InChI=1S/C18H26N2O6/c1-10-7-13(19-15(22)12(3)25-16(23)11(2)21)9-14(8-10)20-17(24)26-18(4,5)6/h7-9,11-12,21H,1-6H3,(H,19,22)(H,20,24)/t11?,12-/m0/s1. The quantitative estimate of drug-likeness (QED) is 0.690. The number of hydrogen-bond acceptors (Lipinski definition) is 6. The van der Waals surface area contributed by atoms with Gasteiger partial charge in [-0.25, -0.2) is 9.59 Å². The molecule has 0 heterocycles. The van der Waals surface area contributed by atoms with Crippen molar-refractivity contribution >= 4 is 29.3 Å². The van der Waals surface area contributed by atoms with E-state index in [2.05, 4.69) is 10.6 Å². The molecule has 0 aliphatic rings. The van der Waals surface area contributed by atoms with E-state index in [1.165, 1.54) is 13.8 Å². The second-order valence-electron chi connectivity index (χ2n) is 6.96. The lowest BCUT2D eigenvalue weighted by molar-refractivity contribution is -0.160. The van der Waals surface area contributed by atoms with Crippen LogP contribution < -0.4 is 10.6 Å². The normalized spacial score (nSPS) is 13.3. The maximum Gasteiger partial charge on any atom is 0.412 e. The third-order valence-electron chi connectivity index (χ3n) is 2.99. The largest absolute Gasteiger partial charge is 0.451 e. The Hall–Kier alpha value is -2.61. The zero-order valence-corrected chi connectivity index (χ0v) is 15.9. The van der Waals surface area contributed by atoms with Crippen molar-refractivity contribution in [1.29, 1.82) is 0 Å². The van der Waals surface area contributed by atoms with E-state index in [1.54, 1.807) is 45.9 Å². The number of aliphatic hydroxyl groups excluding tert-OH is 1. The minimum absolute atomic E-state index is 0.418. The first-order valence-corrected chi connectivity index (χ1v) is 8.18. The molecule has 1 aromatic rings. The molecule has 0 aliphatic carbocycles. The Balaban J connectivity index is 2.79. The van der Waals surface area contributed by atoms with Crippen LogP contribution in [0.15, 0.2) is 18.2 Å². The molecule has 1 aromatic carbocycles. The molecule has 2 atom stereocenters. The van der Waals surface area contributed by atoms with E-state index >= 15 is 0 Å². The molecule has 0 aliphatic heterocycles. The average molecular weight is 366 g/mol. The average Bonchev–Trinajstić information content (AvgIpc) is 2.43. The molecule has 8 nitrogen and oxygen atoms in total. The van der Waals surface area contributed by atoms with Gasteiger partial charge in [-0.3, -0.25) is 10.1 Å². The first-order chi connectivity index (χ1) is 11.9. The molecule has 2 amide bonds. The lowest BCUT2D eigenvalue weighted by Crippen LogP contribution is -2.33. The number of anilines is 2.